The first-order valence-electron chi connectivity index (χ1n) is 5.35. The van der Waals surface area contributed by atoms with Crippen LogP contribution in [0.2, 0.25) is 5.02 Å². The Balaban J connectivity index is 3.19. The van der Waals surface area contributed by atoms with Gasteiger partial charge in [-0.2, -0.15) is 9.57 Å². The smallest absolute Gasteiger partial charge is 0.244 e. The fourth-order valence-corrected chi connectivity index (χ4v) is 3.44. The molecular formula is C11H14ClN3O2S. The fourth-order valence-electron chi connectivity index (χ4n) is 1.48. The van der Waals surface area contributed by atoms with Gasteiger partial charge in [0.1, 0.15) is 4.90 Å². The Kier molecular flexibility index (Phi) is 4.96. The second-order valence-electron chi connectivity index (χ2n) is 3.59. The van der Waals surface area contributed by atoms with Crippen molar-refractivity contribution in [3.05, 3.63) is 23.2 Å². The van der Waals surface area contributed by atoms with Crippen molar-refractivity contribution in [3.8, 4) is 6.07 Å². The van der Waals surface area contributed by atoms with Crippen LogP contribution >= 0.6 is 11.6 Å². The van der Waals surface area contributed by atoms with Crippen molar-refractivity contribution in [2.24, 2.45) is 0 Å². The van der Waals surface area contributed by atoms with E-state index in [0.717, 1.165) is 0 Å². The minimum absolute atomic E-state index is 0.0241. The average molecular weight is 288 g/mol. The summed E-state index contributed by atoms with van der Waals surface area (Å²) in [6.45, 7) is 2.12. The maximum atomic E-state index is 12.3. The Bertz CT molecular complexity index is 566. The molecule has 1 aromatic rings. The Hall–Kier alpha value is -1.29. The van der Waals surface area contributed by atoms with Gasteiger partial charge >= 0.3 is 0 Å². The Morgan fingerprint density at radius 1 is 1.50 bits per heavy atom. The van der Waals surface area contributed by atoms with Crippen LogP contribution in [0.15, 0.2) is 23.1 Å². The normalized spacial score (nSPS) is 11.4. The SMILES string of the molecule is CCN(CCC#N)S(=O)(=O)c1cc(N)ccc1Cl. The zero-order valence-electron chi connectivity index (χ0n) is 9.93. The van der Waals surface area contributed by atoms with Crippen molar-refractivity contribution in [3.63, 3.8) is 0 Å². The summed E-state index contributed by atoms with van der Waals surface area (Å²) in [6, 6.07) is 6.23. The number of hydrogen-bond donors (Lipinski definition) is 1. The van der Waals surface area contributed by atoms with E-state index < -0.39 is 10.0 Å². The molecule has 0 aliphatic rings. The number of nitrogens with two attached hydrogens (primary N) is 1. The zero-order chi connectivity index (χ0) is 13.8. The van der Waals surface area contributed by atoms with Crippen LogP contribution in [-0.2, 0) is 10.0 Å². The highest BCUT2D eigenvalue weighted by Crippen LogP contribution is 2.26. The lowest BCUT2D eigenvalue weighted by atomic mass is 10.3. The van der Waals surface area contributed by atoms with Crippen molar-refractivity contribution in [2.75, 3.05) is 18.8 Å². The number of benzene rings is 1. The molecule has 5 nitrogen and oxygen atoms in total. The molecule has 18 heavy (non-hydrogen) atoms. The molecule has 0 spiro atoms. The van der Waals surface area contributed by atoms with E-state index in [1.165, 1.54) is 22.5 Å². The number of rotatable bonds is 5. The quantitative estimate of drug-likeness (QED) is 0.837. The van der Waals surface area contributed by atoms with Gasteiger partial charge in [0, 0.05) is 25.2 Å². The van der Waals surface area contributed by atoms with Gasteiger partial charge in [-0.1, -0.05) is 18.5 Å². The van der Waals surface area contributed by atoms with Crippen LogP contribution in [0.1, 0.15) is 13.3 Å². The standard InChI is InChI=1S/C11H14ClN3O2S/c1-2-15(7-3-6-13)18(16,17)11-8-9(14)4-5-10(11)12/h4-5,8H,2-3,7,14H2,1H3. The summed E-state index contributed by atoms with van der Waals surface area (Å²) in [5, 5.41) is 8.65. The number of sulfonamides is 1. The van der Waals surface area contributed by atoms with Gasteiger partial charge in [-0.3, -0.25) is 0 Å². The molecule has 0 saturated heterocycles. The summed E-state index contributed by atoms with van der Waals surface area (Å²) >= 11 is 5.89. The van der Waals surface area contributed by atoms with Crippen molar-refractivity contribution in [2.45, 2.75) is 18.2 Å². The summed E-state index contributed by atoms with van der Waals surface area (Å²) in [5.41, 5.74) is 5.90. The van der Waals surface area contributed by atoms with Crippen LogP contribution in [0.4, 0.5) is 5.69 Å². The predicted molar refractivity (Wildman–Crippen MR) is 70.5 cm³/mol. The molecule has 0 atom stereocenters. The van der Waals surface area contributed by atoms with Gasteiger partial charge in [-0.25, -0.2) is 8.42 Å². The summed E-state index contributed by atoms with van der Waals surface area (Å²) in [5.74, 6) is 0. The highest BCUT2D eigenvalue weighted by Gasteiger charge is 2.25. The number of halogens is 1. The van der Waals surface area contributed by atoms with E-state index in [1.807, 2.05) is 6.07 Å². The molecule has 1 aromatic carbocycles. The molecule has 7 heteroatoms. The second-order valence-corrected chi connectivity index (χ2v) is 5.91. The third-order valence-electron chi connectivity index (χ3n) is 2.40. The maximum absolute atomic E-state index is 12.3. The highest BCUT2D eigenvalue weighted by molar-refractivity contribution is 7.89. The molecule has 98 valence electrons. The van der Waals surface area contributed by atoms with E-state index >= 15 is 0 Å². The van der Waals surface area contributed by atoms with Crippen molar-refractivity contribution >= 4 is 27.3 Å². The third-order valence-corrected chi connectivity index (χ3v) is 4.85. The predicted octanol–water partition coefficient (Wildman–Crippen LogP) is 1.85. The molecule has 0 aromatic heterocycles. The van der Waals surface area contributed by atoms with E-state index in [2.05, 4.69) is 0 Å². The highest BCUT2D eigenvalue weighted by atomic mass is 35.5. The van der Waals surface area contributed by atoms with Crippen LogP contribution in [0.3, 0.4) is 0 Å². The van der Waals surface area contributed by atoms with Crippen molar-refractivity contribution in [1.29, 1.82) is 5.26 Å². The van der Waals surface area contributed by atoms with Gasteiger partial charge in [0.15, 0.2) is 0 Å². The molecule has 2 N–H and O–H groups in total. The fraction of sp³-hybridized carbons (Fsp3) is 0.364. The number of anilines is 1. The van der Waals surface area contributed by atoms with Gasteiger partial charge in [0.25, 0.3) is 0 Å². The number of nitrogens with zero attached hydrogens (tertiary/aromatic N) is 2. The van der Waals surface area contributed by atoms with E-state index in [9.17, 15) is 8.42 Å². The van der Waals surface area contributed by atoms with Crippen LogP contribution in [0.25, 0.3) is 0 Å². The van der Waals surface area contributed by atoms with Gasteiger partial charge in [0.2, 0.25) is 10.0 Å². The van der Waals surface area contributed by atoms with Gasteiger partial charge < -0.3 is 5.73 Å². The molecule has 0 fully saturated rings. The van der Waals surface area contributed by atoms with Crippen LogP contribution < -0.4 is 5.73 Å². The minimum Gasteiger partial charge on any atom is -0.399 e. The first kappa shape index (κ1) is 14.8. The number of hydrogen-bond acceptors (Lipinski definition) is 4. The Morgan fingerprint density at radius 3 is 2.72 bits per heavy atom. The largest absolute Gasteiger partial charge is 0.399 e. The summed E-state index contributed by atoms with van der Waals surface area (Å²) in [6.07, 6.45) is 0.132. The molecule has 0 radical (unpaired) electrons. The molecular weight excluding hydrogens is 274 g/mol. The van der Waals surface area contributed by atoms with Gasteiger partial charge in [-0.15, -0.1) is 0 Å². The minimum atomic E-state index is -3.71. The first-order chi connectivity index (χ1) is 8.43. The molecule has 0 aliphatic carbocycles. The van der Waals surface area contributed by atoms with E-state index in [-0.39, 0.29) is 29.4 Å². The average Bonchev–Trinajstić information content (AvgIpc) is 2.33. The zero-order valence-corrected chi connectivity index (χ0v) is 11.5. The second kappa shape index (κ2) is 6.05. The van der Waals surface area contributed by atoms with E-state index in [0.29, 0.717) is 5.69 Å². The topological polar surface area (TPSA) is 87.2 Å². The number of nitriles is 1. The Labute approximate surface area is 112 Å². The summed E-state index contributed by atoms with van der Waals surface area (Å²) in [7, 11) is -3.71. The molecule has 0 amide bonds. The molecule has 0 unspecified atom stereocenters. The lowest BCUT2D eigenvalue weighted by molar-refractivity contribution is 0.435. The lowest BCUT2D eigenvalue weighted by Gasteiger charge is -2.20. The Morgan fingerprint density at radius 2 is 2.17 bits per heavy atom. The maximum Gasteiger partial charge on any atom is 0.244 e. The van der Waals surface area contributed by atoms with E-state index in [4.69, 9.17) is 22.6 Å². The lowest BCUT2D eigenvalue weighted by Crippen LogP contribution is -2.32. The molecule has 0 heterocycles. The van der Waals surface area contributed by atoms with E-state index in [1.54, 1.807) is 6.92 Å². The van der Waals surface area contributed by atoms with Crippen molar-refractivity contribution in [1.82, 2.24) is 4.31 Å². The first-order valence-corrected chi connectivity index (χ1v) is 7.17. The van der Waals surface area contributed by atoms with Crippen LogP contribution in [-0.4, -0.2) is 25.8 Å². The van der Waals surface area contributed by atoms with Gasteiger partial charge in [0.05, 0.1) is 11.1 Å². The molecule has 1 rings (SSSR count). The van der Waals surface area contributed by atoms with Crippen LogP contribution in [0, 0.1) is 11.3 Å². The summed E-state index contributed by atoms with van der Waals surface area (Å²) < 4.78 is 25.8. The van der Waals surface area contributed by atoms with Gasteiger partial charge in [-0.05, 0) is 18.2 Å². The summed E-state index contributed by atoms with van der Waals surface area (Å²) in [4.78, 5) is -0.0241. The molecule has 0 aliphatic heterocycles. The number of nitrogen functional groups attached to an aromatic ring is 1. The monoisotopic (exact) mass is 287 g/mol. The van der Waals surface area contributed by atoms with Crippen molar-refractivity contribution < 1.29 is 8.42 Å². The van der Waals surface area contributed by atoms with Crippen LogP contribution in [0.5, 0.6) is 0 Å². The molecule has 0 saturated carbocycles. The molecule has 0 bridgehead atoms. The third kappa shape index (κ3) is 3.13.